The van der Waals surface area contributed by atoms with Gasteiger partial charge in [0, 0.05) is 6.54 Å². The molecule has 18 heavy (non-hydrogen) atoms. The number of hydrogen-bond acceptors (Lipinski definition) is 3. The van der Waals surface area contributed by atoms with Gasteiger partial charge in [-0.15, -0.1) is 6.42 Å². The smallest absolute Gasteiger partial charge is 0.323 e. The number of aliphatic carboxylic acids is 1. The van der Waals surface area contributed by atoms with Crippen LogP contribution in [-0.4, -0.2) is 48.1 Å². The van der Waals surface area contributed by atoms with Gasteiger partial charge in [0.15, 0.2) is 0 Å². The molecule has 1 rings (SSSR count). The molecule has 0 aromatic carbocycles. The molecule has 0 aliphatic carbocycles. The molecule has 5 heteroatoms. The van der Waals surface area contributed by atoms with Gasteiger partial charge < -0.3 is 15.3 Å². The second-order valence-corrected chi connectivity index (χ2v) is 4.72. The highest BCUT2D eigenvalue weighted by Gasteiger charge is 2.42. The Labute approximate surface area is 108 Å². The largest absolute Gasteiger partial charge is 0.480 e. The van der Waals surface area contributed by atoms with Gasteiger partial charge >= 0.3 is 5.97 Å². The van der Waals surface area contributed by atoms with E-state index in [1.807, 2.05) is 6.92 Å². The van der Waals surface area contributed by atoms with E-state index in [4.69, 9.17) is 11.5 Å². The molecule has 1 unspecified atom stereocenters. The summed E-state index contributed by atoms with van der Waals surface area (Å²) in [6.07, 6.45) is 7.61. The molecule has 0 bridgehead atoms. The summed E-state index contributed by atoms with van der Waals surface area (Å²) in [5, 5.41) is 12.0. The monoisotopic (exact) mass is 252 g/mol. The van der Waals surface area contributed by atoms with E-state index in [0.717, 1.165) is 25.8 Å². The predicted molar refractivity (Wildman–Crippen MR) is 67.9 cm³/mol. The van der Waals surface area contributed by atoms with Gasteiger partial charge in [0.25, 0.3) is 0 Å². The van der Waals surface area contributed by atoms with Gasteiger partial charge in [-0.3, -0.25) is 9.59 Å². The van der Waals surface area contributed by atoms with E-state index in [1.54, 1.807) is 0 Å². The fraction of sp³-hybridized carbons (Fsp3) is 0.692. The molecule has 2 N–H and O–H groups in total. The van der Waals surface area contributed by atoms with Gasteiger partial charge in [-0.1, -0.05) is 19.3 Å². The Morgan fingerprint density at radius 3 is 2.72 bits per heavy atom. The van der Waals surface area contributed by atoms with E-state index in [2.05, 4.69) is 11.2 Å². The molecule has 5 nitrogen and oxygen atoms in total. The van der Waals surface area contributed by atoms with E-state index in [-0.39, 0.29) is 19.0 Å². The van der Waals surface area contributed by atoms with Crippen LogP contribution in [0.5, 0.6) is 0 Å². The molecule has 1 aliphatic rings. The fourth-order valence-corrected chi connectivity index (χ4v) is 2.53. The van der Waals surface area contributed by atoms with E-state index in [0.29, 0.717) is 6.54 Å². The summed E-state index contributed by atoms with van der Waals surface area (Å²) >= 11 is 0. The van der Waals surface area contributed by atoms with Crippen LogP contribution in [0, 0.1) is 17.8 Å². The summed E-state index contributed by atoms with van der Waals surface area (Å²) in [6, 6.07) is 0. The number of terminal acetylenes is 1. The summed E-state index contributed by atoms with van der Waals surface area (Å²) in [5.41, 5.74) is -0.471. The summed E-state index contributed by atoms with van der Waals surface area (Å²) in [4.78, 5) is 24.6. The lowest BCUT2D eigenvalue weighted by Crippen LogP contribution is -2.47. The Kier molecular flexibility index (Phi) is 5.17. The number of amides is 1. The quantitative estimate of drug-likeness (QED) is 0.668. The van der Waals surface area contributed by atoms with Gasteiger partial charge in [0.2, 0.25) is 5.91 Å². The third kappa shape index (κ3) is 3.23. The zero-order valence-electron chi connectivity index (χ0n) is 10.7. The van der Waals surface area contributed by atoms with Crippen molar-refractivity contribution >= 4 is 11.9 Å². The molecule has 100 valence electrons. The van der Waals surface area contributed by atoms with E-state index in [9.17, 15) is 9.59 Å². The zero-order valence-corrected chi connectivity index (χ0v) is 10.7. The highest BCUT2D eigenvalue weighted by atomic mass is 16.4. The molecule has 1 fully saturated rings. The number of carboxylic acids is 1. The molecule has 0 aromatic rings. The second kappa shape index (κ2) is 6.41. The third-order valence-corrected chi connectivity index (χ3v) is 3.32. The standard InChI is InChI=1S/C13H20N2O3/c1-3-5-13(6-7-14-10-13)12(18)15(8-4-2)9-11(16)17/h2,14H,3,5-10H2,1H3,(H,16,17). The number of carbonyl (C=O) groups excluding carboxylic acids is 1. The first-order chi connectivity index (χ1) is 8.55. The van der Waals surface area contributed by atoms with Crippen molar-refractivity contribution in [2.24, 2.45) is 5.41 Å². The van der Waals surface area contributed by atoms with E-state index in [1.165, 1.54) is 4.90 Å². The SMILES string of the molecule is C#CCN(CC(=O)O)C(=O)C1(CCC)CCNC1. The Morgan fingerprint density at radius 1 is 1.56 bits per heavy atom. The Bertz CT molecular complexity index is 354. The van der Waals surface area contributed by atoms with Crippen LogP contribution < -0.4 is 5.32 Å². The number of nitrogens with zero attached hydrogens (tertiary/aromatic N) is 1. The van der Waals surface area contributed by atoms with Crippen LogP contribution in [0.15, 0.2) is 0 Å². The lowest BCUT2D eigenvalue weighted by atomic mass is 9.81. The Balaban J connectivity index is 2.85. The maximum absolute atomic E-state index is 12.5. The van der Waals surface area contributed by atoms with Gasteiger partial charge in [-0.2, -0.15) is 0 Å². The topological polar surface area (TPSA) is 69.6 Å². The van der Waals surface area contributed by atoms with Gasteiger partial charge in [-0.25, -0.2) is 0 Å². The van der Waals surface area contributed by atoms with E-state index >= 15 is 0 Å². The third-order valence-electron chi connectivity index (χ3n) is 3.32. The maximum atomic E-state index is 12.5. The highest BCUT2D eigenvalue weighted by molar-refractivity contribution is 5.86. The van der Waals surface area contributed by atoms with Crippen molar-refractivity contribution in [2.45, 2.75) is 26.2 Å². The minimum absolute atomic E-state index is 0.0522. The van der Waals surface area contributed by atoms with Gasteiger partial charge in [0.05, 0.1) is 12.0 Å². The molecular formula is C13H20N2O3. The molecule has 0 radical (unpaired) electrons. The number of carboxylic acid groups (broad SMARTS) is 1. The molecule has 1 heterocycles. The normalized spacial score (nSPS) is 22.4. The molecule has 1 atom stereocenters. The van der Waals surface area contributed by atoms with Crippen LogP contribution in [0.2, 0.25) is 0 Å². The average molecular weight is 252 g/mol. The second-order valence-electron chi connectivity index (χ2n) is 4.72. The fourth-order valence-electron chi connectivity index (χ4n) is 2.53. The minimum Gasteiger partial charge on any atom is -0.480 e. The molecule has 0 saturated carbocycles. The van der Waals surface area contributed by atoms with Crippen molar-refractivity contribution in [3.05, 3.63) is 0 Å². The van der Waals surface area contributed by atoms with Gasteiger partial charge in [0.1, 0.15) is 6.54 Å². The summed E-state index contributed by atoms with van der Waals surface area (Å²) in [5.74, 6) is 1.20. The van der Waals surface area contributed by atoms with Crippen molar-refractivity contribution in [1.82, 2.24) is 10.2 Å². The zero-order chi connectivity index (χ0) is 13.6. The molecular weight excluding hydrogens is 232 g/mol. The molecule has 1 aliphatic heterocycles. The van der Waals surface area contributed by atoms with Crippen molar-refractivity contribution in [3.8, 4) is 12.3 Å². The van der Waals surface area contributed by atoms with Crippen LogP contribution in [0.4, 0.5) is 0 Å². The molecule has 0 spiro atoms. The average Bonchev–Trinajstić information content (AvgIpc) is 2.77. The van der Waals surface area contributed by atoms with Crippen molar-refractivity contribution < 1.29 is 14.7 Å². The van der Waals surface area contributed by atoms with Crippen LogP contribution in [0.25, 0.3) is 0 Å². The van der Waals surface area contributed by atoms with Crippen LogP contribution in [-0.2, 0) is 9.59 Å². The first-order valence-corrected chi connectivity index (χ1v) is 6.21. The first-order valence-electron chi connectivity index (χ1n) is 6.21. The number of nitrogens with one attached hydrogen (secondary N) is 1. The number of rotatable bonds is 6. The van der Waals surface area contributed by atoms with Crippen molar-refractivity contribution in [3.63, 3.8) is 0 Å². The first kappa shape index (κ1) is 14.5. The summed E-state index contributed by atoms with van der Waals surface area (Å²) < 4.78 is 0. The van der Waals surface area contributed by atoms with Crippen molar-refractivity contribution in [1.29, 1.82) is 0 Å². The lowest BCUT2D eigenvalue weighted by Gasteiger charge is -2.32. The lowest BCUT2D eigenvalue weighted by molar-refractivity contribution is -0.149. The van der Waals surface area contributed by atoms with Gasteiger partial charge in [-0.05, 0) is 19.4 Å². The van der Waals surface area contributed by atoms with Crippen LogP contribution in [0.3, 0.4) is 0 Å². The predicted octanol–water partition coefficient (Wildman–Crippen LogP) is 0.313. The Morgan fingerprint density at radius 2 is 2.28 bits per heavy atom. The maximum Gasteiger partial charge on any atom is 0.323 e. The van der Waals surface area contributed by atoms with E-state index < -0.39 is 11.4 Å². The summed E-state index contributed by atoms with van der Waals surface area (Å²) in [6.45, 7) is 3.16. The molecule has 0 aromatic heterocycles. The minimum atomic E-state index is -1.03. The van der Waals surface area contributed by atoms with Crippen LogP contribution >= 0.6 is 0 Å². The molecule has 1 saturated heterocycles. The van der Waals surface area contributed by atoms with Crippen molar-refractivity contribution in [2.75, 3.05) is 26.2 Å². The number of carbonyl (C=O) groups is 2. The Hall–Kier alpha value is -1.54. The van der Waals surface area contributed by atoms with Crippen LogP contribution in [0.1, 0.15) is 26.2 Å². The summed E-state index contributed by atoms with van der Waals surface area (Å²) in [7, 11) is 0. The molecule has 1 amide bonds. The highest BCUT2D eigenvalue weighted by Crippen LogP contribution is 2.33. The number of hydrogen-bond donors (Lipinski definition) is 2.